The summed E-state index contributed by atoms with van der Waals surface area (Å²) >= 11 is 0. The van der Waals surface area contributed by atoms with Gasteiger partial charge in [0, 0.05) is 49.9 Å². The van der Waals surface area contributed by atoms with Gasteiger partial charge in [0.1, 0.15) is 11.5 Å². The van der Waals surface area contributed by atoms with E-state index in [1.54, 1.807) is 12.4 Å². The molecule has 1 aromatic carbocycles. The van der Waals surface area contributed by atoms with Gasteiger partial charge in [0.05, 0.1) is 19.4 Å². The number of ether oxygens (including phenoxy) is 2. The van der Waals surface area contributed by atoms with Crippen LogP contribution >= 0.6 is 0 Å². The largest absolute Gasteiger partial charge is 0.455 e. The zero-order valence-electron chi connectivity index (χ0n) is 15.2. The summed E-state index contributed by atoms with van der Waals surface area (Å²) in [7, 11) is 1.93. The number of benzene rings is 1. The van der Waals surface area contributed by atoms with Gasteiger partial charge in [-0.1, -0.05) is 11.8 Å². The van der Waals surface area contributed by atoms with Gasteiger partial charge < -0.3 is 14.8 Å². The highest BCUT2D eigenvalue weighted by Gasteiger charge is 2.08. The van der Waals surface area contributed by atoms with Gasteiger partial charge >= 0.3 is 0 Å². The fourth-order valence-corrected chi connectivity index (χ4v) is 2.82. The molecule has 2 heterocycles. The lowest BCUT2D eigenvalue weighted by Crippen LogP contribution is -2.36. The number of hydrogen-bond donors (Lipinski definition) is 1. The molecular formula is C21H25N3O2. The third kappa shape index (κ3) is 5.57. The third-order valence-corrected chi connectivity index (χ3v) is 4.18. The molecule has 136 valence electrons. The van der Waals surface area contributed by atoms with Crippen LogP contribution in [0.2, 0.25) is 0 Å². The van der Waals surface area contributed by atoms with Crippen LogP contribution in [0.4, 0.5) is 0 Å². The molecule has 0 amide bonds. The monoisotopic (exact) mass is 351 g/mol. The van der Waals surface area contributed by atoms with Gasteiger partial charge in [-0.2, -0.15) is 0 Å². The molecule has 1 N–H and O–H groups in total. The lowest BCUT2D eigenvalue weighted by atomic mass is 10.1. The Balaban J connectivity index is 1.63. The quantitative estimate of drug-likeness (QED) is 0.811. The molecule has 5 nitrogen and oxygen atoms in total. The molecule has 0 radical (unpaired) electrons. The third-order valence-electron chi connectivity index (χ3n) is 4.18. The van der Waals surface area contributed by atoms with E-state index in [1.165, 1.54) is 0 Å². The van der Waals surface area contributed by atoms with Crippen molar-refractivity contribution in [3.63, 3.8) is 0 Å². The fraction of sp³-hybridized carbons (Fsp3) is 0.381. The first-order valence-electron chi connectivity index (χ1n) is 8.99. The zero-order chi connectivity index (χ0) is 18.0. The van der Waals surface area contributed by atoms with Crippen molar-refractivity contribution in [2.75, 3.05) is 39.9 Å². The second-order valence-electron chi connectivity index (χ2n) is 6.15. The van der Waals surface area contributed by atoms with E-state index in [0.29, 0.717) is 0 Å². The molecule has 3 rings (SSSR count). The molecule has 1 aliphatic rings. The maximum Gasteiger partial charge on any atom is 0.145 e. The van der Waals surface area contributed by atoms with Crippen molar-refractivity contribution in [2.45, 2.75) is 13.0 Å². The highest BCUT2D eigenvalue weighted by Crippen LogP contribution is 2.25. The minimum Gasteiger partial charge on any atom is -0.455 e. The molecule has 1 fully saturated rings. The van der Waals surface area contributed by atoms with Crippen LogP contribution in [0.15, 0.2) is 42.7 Å². The predicted octanol–water partition coefficient (Wildman–Crippen LogP) is 2.67. The lowest BCUT2D eigenvalue weighted by molar-refractivity contribution is 0.0390. The van der Waals surface area contributed by atoms with Crippen LogP contribution in [0.1, 0.15) is 17.5 Å². The molecular weight excluding hydrogens is 326 g/mol. The van der Waals surface area contributed by atoms with Crippen LogP contribution in [-0.4, -0.2) is 49.8 Å². The number of hydrogen-bond acceptors (Lipinski definition) is 5. The van der Waals surface area contributed by atoms with E-state index >= 15 is 0 Å². The molecule has 1 aliphatic heterocycles. The van der Waals surface area contributed by atoms with Crippen molar-refractivity contribution in [2.24, 2.45) is 0 Å². The van der Waals surface area contributed by atoms with Gasteiger partial charge in [-0.25, -0.2) is 0 Å². The van der Waals surface area contributed by atoms with Gasteiger partial charge in [-0.05, 0) is 37.4 Å². The van der Waals surface area contributed by atoms with Crippen molar-refractivity contribution in [1.29, 1.82) is 0 Å². The molecule has 0 unspecified atom stereocenters. The second kappa shape index (κ2) is 9.93. The van der Waals surface area contributed by atoms with E-state index in [9.17, 15) is 0 Å². The van der Waals surface area contributed by atoms with Crippen molar-refractivity contribution in [1.82, 2.24) is 15.2 Å². The van der Waals surface area contributed by atoms with Crippen molar-refractivity contribution >= 4 is 0 Å². The van der Waals surface area contributed by atoms with E-state index in [0.717, 1.165) is 68.4 Å². The number of rotatable bonds is 6. The summed E-state index contributed by atoms with van der Waals surface area (Å²) in [5.41, 5.74) is 2.09. The van der Waals surface area contributed by atoms with Gasteiger partial charge in [0.15, 0.2) is 0 Å². The molecule has 1 aromatic heterocycles. The summed E-state index contributed by atoms with van der Waals surface area (Å²) in [6.45, 7) is 5.40. The van der Waals surface area contributed by atoms with Gasteiger partial charge in [-0.3, -0.25) is 9.88 Å². The maximum atomic E-state index is 5.95. The molecule has 0 aliphatic carbocycles. The summed E-state index contributed by atoms with van der Waals surface area (Å²) in [5.74, 6) is 8.11. The standard InChI is InChI=1S/C21H25N3O2/c1-22-16-19-15-18(5-2-3-10-24-11-13-25-14-12-24)7-8-21(19)26-20-6-4-9-23-17-20/h4,6-9,15,17,22H,3,10-14,16H2,1H3. The molecule has 0 saturated carbocycles. The number of aromatic nitrogens is 1. The zero-order valence-corrected chi connectivity index (χ0v) is 15.2. The van der Waals surface area contributed by atoms with Crippen LogP contribution in [0.5, 0.6) is 11.5 Å². The van der Waals surface area contributed by atoms with Crippen LogP contribution in [0, 0.1) is 11.8 Å². The smallest absolute Gasteiger partial charge is 0.145 e. The van der Waals surface area contributed by atoms with Crippen LogP contribution in [0.3, 0.4) is 0 Å². The first kappa shape index (κ1) is 18.4. The fourth-order valence-electron chi connectivity index (χ4n) is 2.82. The predicted molar refractivity (Wildman–Crippen MR) is 102 cm³/mol. The number of nitrogens with one attached hydrogen (secondary N) is 1. The van der Waals surface area contributed by atoms with Crippen LogP contribution < -0.4 is 10.1 Å². The summed E-state index contributed by atoms with van der Waals surface area (Å²) in [4.78, 5) is 6.49. The highest BCUT2D eigenvalue weighted by atomic mass is 16.5. The summed E-state index contributed by atoms with van der Waals surface area (Å²) in [6, 6.07) is 9.83. The molecule has 1 saturated heterocycles. The minimum atomic E-state index is 0.721. The van der Waals surface area contributed by atoms with E-state index in [1.807, 2.05) is 31.3 Å². The number of pyridine rings is 1. The topological polar surface area (TPSA) is 46.6 Å². The Morgan fingerprint density at radius 2 is 2.15 bits per heavy atom. The van der Waals surface area contributed by atoms with Crippen molar-refractivity contribution in [3.05, 3.63) is 53.9 Å². The Bertz CT molecular complexity index is 747. The summed E-state index contributed by atoms with van der Waals surface area (Å²) in [5, 5.41) is 3.19. The Morgan fingerprint density at radius 3 is 2.92 bits per heavy atom. The second-order valence-corrected chi connectivity index (χ2v) is 6.15. The Hall–Kier alpha value is -2.39. The summed E-state index contributed by atoms with van der Waals surface area (Å²) in [6.07, 6.45) is 4.31. The molecule has 0 bridgehead atoms. The van der Waals surface area contributed by atoms with Crippen LogP contribution in [0.25, 0.3) is 0 Å². The molecule has 2 aromatic rings. The SMILES string of the molecule is CNCc1cc(C#CCCN2CCOCC2)ccc1Oc1cccnc1. The minimum absolute atomic E-state index is 0.721. The van der Waals surface area contributed by atoms with E-state index < -0.39 is 0 Å². The maximum absolute atomic E-state index is 5.95. The normalized spacial score (nSPS) is 14.5. The number of nitrogens with zero attached hydrogens (tertiary/aromatic N) is 2. The Morgan fingerprint density at radius 1 is 1.27 bits per heavy atom. The molecule has 26 heavy (non-hydrogen) atoms. The highest BCUT2D eigenvalue weighted by molar-refractivity contribution is 5.45. The lowest BCUT2D eigenvalue weighted by Gasteiger charge is -2.25. The summed E-state index contributed by atoms with van der Waals surface area (Å²) < 4.78 is 11.3. The van der Waals surface area contributed by atoms with E-state index in [2.05, 4.69) is 33.1 Å². The Labute approximate surface area is 155 Å². The average Bonchev–Trinajstić information content (AvgIpc) is 2.69. The van der Waals surface area contributed by atoms with E-state index in [4.69, 9.17) is 9.47 Å². The van der Waals surface area contributed by atoms with Gasteiger partial charge in [0.2, 0.25) is 0 Å². The van der Waals surface area contributed by atoms with Gasteiger partial charge in [-0.15, -0.1) is 0 Å². The number of morpholine rings is 1. The first-order valence-corrected chi connectivity index (χ1v) is 8.99. The van der Waals surface area contributed by atoms with Crippen LogP contribution in [-0.2, 0) is 11.3 Å². The average molecular weight is 351 g/mol. The van der Waals surface area contributed by atoms with Crippen molar-refractivity contribution in [3.8, 4) is 23.3 Å². The molecule has 0 spiro atoms. The Kier molecular flexibility index (Phi) is 7.03. The molecule has 5 heteroatoms. The first-order chi connectivity index (χ1) is 12.8. The van der Waals surface area contributed by atoms with E-state index in [-0.39, 0.29) is 0 Å². The molecule has 0 atom stereocenters. The van der Waals surface area contributed by atoms with Gasteiger partial charge in [0.25, 0.3) is 0 Å². The van der Waals surface area contributed by atoms with Crippen molar-refractivity contribution < 1.29 is 9.47 Å².